The molecule has 0 saturated carbocycles. The Hall–Kier alpha value is -1.96. The van der Waals surface area contributed by atoms with Crippen LogP contribution in [0.3, 0.4) is 0 Å². The number of sulfonamides is 1. The van der Waals surface area contributed by atoms with E-state index in [0.717, 1.165) is 9.99 Å². The predicted octanol–water partition coefficient (Wildman–Crippen LogP) is 4.07. The molecular weight excluding hydrogens is 348 g/mol. The summed E-state index contributed by atoms with van der Waals surface area (Å²) in [6.07, 6.45) is 0. The Labute approximate surface area is 147 Å². The molecule has 24 heavy (non-hydrogen) atoms. The lowest BCUT2D eigenvalue weighted by atomic mass is 10.3. The van der Waals surface area contributed by atoms with Crippen molar-refractivity contribution in [2.45, 2.75) is 4.90 Å². The van der Waals surface area contributed by atoms with E-state index in [2.05, 4.69) is 10.2 Å². The highest BCUT2D eigenvalue weighted by atomic mass is 35.5. The number of anilines is 1. The largest absolute Gasteiger partial charge is 0.378 e. The van der Waals surface area contributed by atoms with Gasteiger partial charge in [0.05, 0.1) is 15.6 Å². The number of azo groups is 1. The van der Waals surface area contributed by atoms with Crippen molar-refractivity contribution in [2.24, 2.45) is 10.2 Å². The highest BCUT2D eigenvalue weighted by Crippen LogP contribution is 2.30. The van der Waals surface area contributed by atoms with E-state index in [1.54, 1.807) is 18.2 Å². The summed E-state index contributed by atoms with van der Waals surface area (Å²) in [5, 5.41) is 8.71. The second-order valence-electron chi connectivity index (χ2n) is 5.51. The molecule has 0 saturated heterocycles. The van der Waals surface area contributed by atoms with Gasteiger partial charge in [-0.15, -0.1) is 5.11 Å². The van der Waals surface area contributed by atoms with Gasteiger partial charge in [0.2, 0.25) is 10.0 Å². The highest BCUT2D eigenvalue weighted by molar-refractivity contribution is 7.89. The first-order valence-corrected chi connectivity index (χ1v) is 8.95. The van der Waals surface area contributed by atoms with Crippen LogP contribution < -0.4 is 4.90 Å². The normalized spacial score (nSPS) is 12.1. The monoisotopic (exact) mass is 366 g/mol. The van der Waals surface area contributed by atoms with Gasteiger partial charge in [-0.25, -0.2) is 12.7 Å². The molecule has 0 bridgehead atoms. The van der Waals surface area contributed by atoms with Gasteiger partial charge in [0, 0.05) is 33.9 Å². The second kappa shape index (κ2) is 7.29. The van der Waals surface area contributed by atoms with Gasteiger partial charge in [-0.2, -0.15) is 5.11 Å². The van der Waals surface area contributed by atoms with Crippen LogP contribution in [0.1, 0.15) is 0 Å². The minimum absolute atomic E-state index is 0.208. The third-order valence-corrected chi connectivity index (χ3v) is 5.47. The van der Waals surface area contributed by atoms with Crippen LogP contribution >= 0.6 is 11.6 Å². The molecule has 0 aliphatic rings. The molecule has 0 radical (unpaired) electrons. The molecule has 2 aromatic rings. The molecule has 2 rings (SSSR count). The molecule has 8 heteroatoms. The summed E-state index contributed by atoms with van der Waals surface area (Å²) in [6, 6.07) is 11.7. The summed E-state index contributed by atoms with van der Waals surface area (Å²) in [7, 11) is 3.39. The van der Waals surface area contributed by atoms with Gasteiger partial charge in [-0.3, -0.25) is 0 Å². The summed E-state index contributed by atoms with van der Waals surface area (Å²) >= 11 is 6.19. The molecule has 128 valence electrons. The number of hydrogen-bond donors (Lipinski definition) is 0. The van der Waals surface area contributed by atoms with E-state index < -0.39 is 10.0 Å². The molecule has 0 fully saturated rings. The van der Waals surface area contributed by atoms with Gasteiger partial charge in [-0.05, 0) is 42.5 Å². The van der Waals surface area contributed by atoms with E-state index in [1.807, 2.05) is 31.1 Å². The number of nitrogens with zero attached hydrogens (tertiary/aromatic N) is 4. The molecule has 2 aromatic carbocycles. The molecular formula is C16H19ClN4O2S. The van der Waals surface area contributed by atoms with Crippen LogP contribution in [0.4, 0.5) is 17.1 Å². The van der Waals surface area contributed by atoms with Crippen molar-refractivity contribution in [1.29, 1.82) is 0 Å². The minimum atomic E-state index is -3.45. The highest BCUT2D eigenvalue weighted by Gasteiger charge is 2.16. The third-order valence-electron chi connectivity index (χ3n) is 3.34. The van der Waals surface area contributed by atoms with Gasteiger partial charge in [-0.1, -0.05) is 11.6 Å². The minimum Gasteiger partial charge on any atom is -0.378 e. The number of benzene rings is 2. The maximum atomic E-state index is 12.0. The van der Waals surface area contributed by atoms with Gasteiger partial charge < -0.3 is 4.90 Å². The van der Waals surface area contributed by atoms with Gasteiger partial charge in [0.1, 0.15) is 5.69 Å². The molecule has 0 atom stereocenters. The molecule has 0 heterocycles. The standard InChI is InChI=1S/C16H19ClN4O2S/c1-20(2)13-7-10-16(15(17)11-13)19-18-12-5-8-14(9-6-12)24(22,23)21(3)4/h5-11H,1-4H3. The Morgan fingerprint density at radius 2 is 1.54 bits per heavy atom. The molecule has 0 N–H and O–H groups in total. The maximum Gasteiger partial charge on any atom is 0.242 e. The first-order chi connectivity index (χ1) is 11.2. The summed E-state index contributed by atoms with van der Waals surface area (Å²) < 4.78 is 25.2. The summed E-state index contributed by atoms with van der Waals surface area (Å²) in [5.41, 5.74) is 2.06. The number of rotatable bonds is 5. The summed E-state index contributed by atoms with van der Waals surface area (Å²) in [4.78, 5) is 2.15. The fraction of sp³-hybridized carbons (Fsp3) is 0.250. The second-order valence-corrected chi connectivity index (χ2v) is 8.07. The Kier molecular flexibility index (Phi) is 5.58. The Bertz CT molecular complexity index is 847. The first-order valence-electron chi connectivity index (χ1n) is 7.13. The zero-order valence-corrected chi connectivity index (χ0v) is 15.5. The van der Waals surface area contributed by atoms with Gasteiger partial charge in [0.15, 0.2) is 0 Å². The van der Waals surface area contributed by atoms with Gasteiger partial charge >= 0.3 is 0 Å². The molecule has 6 nitrogen and oxygen atoms in total. The van der Waals surface area contributed by atoms with Crippen molar-refractivity contribution < 1.29 is 8.42 Å². The fourth-order valence-electron chi connectivity index (χ4n) is 1.86. The Morgan fingerprint density at radius 1 is 0.917 bits per heavy atom. The topological polar surface area (TPSA) is 65.3 Å². The predicted molar refractivity (Wildman–Crippen MR) is 97.3 cm³/mol. The molecule has 0 spiro atoms. The molecule has 0 aliphatic carbocycles. The zero-order chi connectivity index (χ0) is 17.9. The van der Waals surface area contributed by atoms with Crippen LogP contribution in [0.25, 0.3) is 0 Å². The van der Waals surface area contributed by atoms with Crippen molar-refractivity contribution in [3.63, 3.8) is 0 Å². The number of halogens is 1. The fourth-order valence-corrected chi connectivity index (χ4v) is 2.98. The van der Waals surface area contributed by atoms with E-state index in [9.17, 15) is 8.42 Å². The van der Waals surface area contributed by atoms with Crippen molar-refractivity contribution in [1.82, 2.24) is 4.31 Å². The molecule has 0 amide bonds. The van der Waals surface area contributed by atoms with Crippen molar-refractivity contribution >= 4 is 38.7 Å². The van der Waals surface area contributed by atoms with Gasteiger partial charge in [0.25, 0.3) is 0 Å². The van der Waals surface area contributed by atoms with E-state index in [-0.39, 0.29) is 4.90 Å². The first kappa shape index (κ1) is 18.4. The van der Waals surface area contributed by atoms with Crippen molar-refractivity contribution in [2.75, 3.05) is 33.1 Å². The summed E-state index contributed by atoms with van der Waals surface area (Å²) in [6.45, 7) is 0. The smallest absolute Gasteiger partial charge is 0.242 e. The van der Waals surface area contributed by atoms with E-state index in [4.69, 9.17) is 11.6 Å². The Morgan fingerprint density at radius 3 is 2.04 bits per heavy atom. The quantitative estimate of drug-likeness (QED) is 0.749. The maximum absolute atomic E-state index is 12.0. The Balaban J connectivity index is 2.21. The lowest BCUT2D eigenvalue weighted by molar-refractivity contribution is 0.521. The van der Waals surface area contributed by atoms with E-state index >= 15 is 0 Å². The van der Waals surface area contributed by atoms with Crippen LogP contribution in [-0.4, -0.2) is 40.9 Å². The lowest BCUT2D eigenvalue weighted by Crippen LogP contribution is -2.21. The van der Waals surface area contributed by atoms with E-state index in [0.29, 0.717) is 16.4 Å². The average molecular weight is 367 g/mol. The lowest BCUT2D eigenvalue weighted by Gasteiger charge is -2.12. The molecule has 0 unspecified atom stereocenters. The van der Waals surface area contributed by atoms with Crippen LogP contribution in [0.2, 0.25) is 5.02 Å². The number of hydrogen-bond acceptors (Lipinski definition) is 5. The molecule has 0 aliphatic heterocycles. The van der Waals surface area contributed by atoms with Crippen LogP contribution in [-0.2, 0) is 10.0 Å². The van der Waals surface area contributed by atoms with Crippen molar-refractivity contribution in [3.8, 4) is 0 Å². The average Bonchev–Trinajstić information content (AvgIpc) is 2.53. The van der Waals surface area contributed by atoms with E-state index in [1.165, 1.54) is 26.2 Å². The summed E-state index contributed by atoms with van der Waals surface area (Å²) in [5.74, 6) is 0. The van der Waals surface area contributed by atoms with Crippen LogP contribution in [0, 0.1) is 0 Å². The zero-order valence-electron chi connectivity index (χ0n) is 13.9. The third kappa shape index (κ3) is 4.11. The molecule has 0 aromatic heterocycles. The van der Waals surface area contributed by atoms with Crippen LogP contribution in [0.15, 0.2) is 57.6 Å². The van der Waals surface area contributed by atoms with Crippen molar-refractivity contribution in [3.05, 3.63) is 47.5 Å². The van der Waals surface area contributed by atoms with Crippen LogP contribution in [0.5, 0.6) is 0 Å². The SMILES string of the molecule is CN(C)c1ccc(N=Nc2ccc(S(=O)(=O)N(C)C)cc2)c(Cl)c1.